The highest BCUT2D eigenvalue weighted by molar-refractivity contribution is 14.1. The third-order valence-electron chi connectivity index (χ3n) is 9.84. The van der Waals surface area contributed by atoms with Crippen LogP contribution in [0.15, 0.2) is 72.5 Å². The molecule has 2 unspecified atom stereocenters. The summed E-state index contributed by atoms with van der Waals surface area (Å²) >= 11 is 9.72. The number of carbonyl (C=O) groups is 2. The zero-order chi connectivity index (χ0) is 35.9. The first kappa shape index (κ1) is 40.5. The molecule has 262 valence electrons. The third kappa shape index (κ3) is 9.59. The largest absolute Gasteiger partial charge is 0.481 e. The molecule has 0 aromatic heterocycles. The summed E-state index contributed by atoms with van der Waals surface area (Å²) in [5, 5.41) is 18.1. The predicted octanol–water partition coefficient (Wildman–Crippen LogP) is 11.1. The van der Waals surface area contributed by atoms with E-state index < -0.39 is 11.9 Å². The number of benzene rings is 2. The van der Waals surface area contributed by atoms with Crippen molar-refractivity contribution in [1.29, 1.82) is 0 Å². The van der Waals surface area contributed by atoms with E-state index in [-0.39, 0.29) is 23.7 Å². The van der Waals surface area contributed by atoms with Crippen LogP contribution in [0.5, 0.6) is 0 Å². The number of allylic oxidation sites excluding steroid dienone is 8. The van der Waals surface area contributed by atoms with Crippen molar-refractivity contribution >= 4 is 119 Å². The summed E-state index contributed by atoms with van der Waals surface area (Å²) in [5.74, 6) is -1.45. The van der Waals surface area contributed by atoms with Gasteiger partial charge in [0.1, 0.15) is 7.05 Å². The number of nitrogens with zero attached hydrogens (tertiary/aromatic N) is 2. The minimum Gasteiger partial charge on any atom is -0.481 e. The Bertz CT molecular complexity index is 1740. The van der Waals surface area contributed by atoms with Gasteiger partial charge in [-0.2, -0.15) is 4.58 Å². The van der Waals surface area contributed by atoms with Gasteiger partial charge < -0.3 is 15.1 Å². The van der Waals surface area contributed by atoms with E-state index in [1.165, 1.54) is 48.2 Å². The van der Waals surface area contributed by atoms with E-state index in [0.29, 0.717) is 12.8 Å². The molecule has 2 aliphatic rings. The molecule has 10 heteroatoms. The summed E-state index contributed by atoms with van der Waals surface area (Å²) < 4.78 is 7.29. The van der Waals surface area contributed by atoms with Gasteiger partial charge in [0.15, 0.2) is 5.71 Å². The third-order valence-corrected chi connectivity index (χ3v) is 12.8. The summed E-state index contributed by atoms with van der Waals surface area (Å²) in [4.78, 5) is 24.4. The van der Waals surface area contributed by atoms with Gasteiger partial charge in [0.25, 0.3) is 0 Å². The van der Waals surface area contributed by atoms with Crippen molar-refractivity contribution in [1.82, 2.24) is 0 Å². The maximum atomic E-state index is 11.0. The van der Waals surface area contributed by atoms with E-state index in [4.69, 9.17) is 10.2 Å². The van der Waals surface area contributed by atoms with Gasteiger partial charge in [-0.25, -0.2) is 0 Å². The molecule has 2 N–H and O–H groups in total. The van der Waals surface area contributed by atoms with Crippen molar-refractivity contribution in [3.8, 4) is 0 Å². The number of aliphatic carboxylic acids is 2. The van der Waals surface area contributed by atoms with Gasteiger partial charge in [-0.3, -0.25) is 9.59 Å². The van der Waals surface area contributed by atoms with Crippen molar-refractivity contribution in [3.63, 3.8) is 0 Å². The van der Waals surface area contributed by atoms with E-state index in [9.17, 15) is 9.59 Å². The maximum Gasteiger partial charge on any atom is 0.303 e. The van der Waals surface area contributed by atoms with E-state index in [1.54, 1.807) is 0 Å². The van der Waals surface area contributed by atoms with Crippen molar-refractivity contribution in [3.05, 3.63) is 97.9 Å². The second-order valence-electron chi connectivity index (χ2n) is 13.3. The molecule has 2 heterocycles. The molecular formula is C39H45I4N2O4+. The molecule has 2 aliphatic heterocycles. The average Bonchev–Trinajstić information content (AvgIpc) is 3.35. The van der Waals surface area contributed by atoms with E-state index >= 15 is 0 Å². The Balaban J connectivity index is 1.53. The lowest BCUT2D eigenvalue weighted by molar-refractivity contribution is -0.401. The molecular weight excluding hydrogens is 1070 g/mol. The Morgan fingerprint density at radius 1 is 0.735 bits per heavy atom. The quantitative estimate of drug-likeness (QED) is 0.0758. The first-order valence-electron chi connectivity index (χ1n) is 16.7. The predicted molar refractivity (Wildman–Crippen MR) is 235 cm³/mol. The fraction of sp³-hybridized carbons (Fsp3) is 0.410. The lowest BCUT2D eigenvalue weighted by atomic mass is 9.75. The summed E-state index contributed by atoms with van der Waals surface area (Å²) in [6, 6.07) is 9.01. The number of unbranched alkanes of at least 4 members (excludes halogenated alkanes) is 4. The molecule has 0 fully saturated rings. The lowest BCUT2D eigenvalue weighted by Crippen LogP contribution is -2.31. The minimum absolute atomic E-state index is 0.158. The minimum atomic E-state index is -0.725. The van der Waals surface area contributed by atoms with Crippen LogP contribution in [0.4, 0.5) is 11.4 Å². The van der Waals surface area contributed by atoms with Gasteiger partial charge >= 0.3 is 11.9 Å². The number of rotatable bonds is 16. The van der Waals surface area contributed by atoms with Gasteiger partial charge in [-0.1, -0.05) is 56.1 Å². The van der Waals surface area contributed by atoms with Crippen LogP contribution in [0, 0.1) is 14.3 Å². The summed E-state index contributed by atoms with van der Waals surface area (Å²) in [6.45, 7) is 4.66. The molecule has 4 rings (SSSR count). The van der Waals surface area contributed by atoms with Crippen LogP contribution in [-0.4, -0.2) is 46.5 Å². The number of likely N-dealkylation sites (N-methyl/N-ethyl adjacent to an activating group) is 1. The smallest absolute Gasteiger partial charge is 0.303 e. The highest BCUT2D eigenvalue weighted by Gasteiger charge is 2.47. The molecule has 0 aliphatic carbocycles. The number of hydrogen-bond acceptors (Lipinski definition) is 3. The number of anilines is 1. The maximum absolute atomic E-state index is 11.0. The van der Waals surface area contributed by atoms with Gasteiger partial charge in [-0.05, 0) is 154 Å². The summed E-state index contributed by atoms with van der Waals surface area (Å²) in [7, 11) is 4.30. The monoisotopic (exact) mass is 1110 g/mol. The number of carboxylic acid groups (broad SMARTS) is 2. The first-order chi connectivity index (χ1) is 23.2. The second kappa shape index (κ2) is 18.0. The highest BCUT2D eigenvalue weighted by Crippen LogP contribution is 2.52. The fourth-order valence-corrected chi connectivity index (χ4v) is 12.3. The Kier molecular flexibility index (Phi) is 14.9. The van der Waals surface area contributed by atoms with Crippen molar-refractivity contribution in [2.24, 2.45) is 0 Å². The Morgan fingerprint density at radius 3 is 1.88 bits per heavy atom. The molecule has 49 heavy (non-hydrogen) atoms. The molecule has 2 atom stereocenters. The van der Waals surface area contributed by atoms with E-state index in [0.717, 1.165) is 38.5 Å². The molecule has 0 amide bonds. The summed E-state index contributed by atoms with van der Waals surface area (Å²) in [6.07, 6.45) is 22.5. The molecule has 6 nitrogen and oxygen atoms in total. The zero-order valence-electron chi connectivity index (χ0n) is 28.5. The van der Waals surface area contributed by atoms with Crippen LogP contribution in [0.2, 0.25) is 0 Å². The zero-order valence-corrected chi connectivity index (χ0v) is 37.2. The topological polar surface area (TPSA) is 80.8 Å². The fourth-order valence-electron chi connectivity index (χ4n) is 7.44. The van der Waals surface area contributed by atoms with Crippen LogP contribution in [0.25, 0.3) is 0 Å². The number of halogens is 4. The summed E-state index contributed by atoms with van der Waals surface area (Å²) in [5.41, 5.74) is 7.41. The van der Waals surface area contributed by atoms with Gasteiger partial charge in [0, 0.05) is 68.7 Å². The lowest BCUT2D eigenvalue weighted by Gasteiger charge is -2.29. The molecule has 2 aromatic rings. The SMILES string of the molecule is CN1\C(=C/C=C/C=C/C=C/C2=[N+](C)c3cc(I)cc(I)c3C2(C)CCCCCC(=O)O)C(C)(CCCCCC(=O)O)c2c(I)cc(I)cc21. The molecule has 0 bridgehead atoms. The van der Waals surface area contributed by atoms with Crippen LogP contribution < -0.4 is 4.90 Å². The number of hydrogen-bond donors (Lipinski definition) is 2. The Morgan fingerprint density at radius 2 is 1.27 bits per heavy atom. The molecule has 0 saturated carbocycles. The van der Waals surface area contributed by atoms with Crippen LogP contribution in [-0.2, 0) is 20.4 Å². The second-order valence-corrected chi connectivity index (χ2v) is 18.1. The average molecular weight is 1110 g/mol. The van der Waals surface area contributed by atoms with E-state index in [1.807, 2.05) is 0 Å². The van der Waals surface area contributed by atoms with Crippen molar-refractivity contribution in [2.45, 2.75) is 88.9 Å². The normalized spacial score (nSPS) is 21.2. The van der Waals surface area contributed by atoms with Crippen LogP contribution in [0.3, 0.4) is 0 Å². The van der Waals surface area contributed by atoms with E-state index in [2.05, 4.69) is 195 Å². The molecule has 0 radical (unpaired) electrons. The van der Waals surface area contributed by atoms with Gasteiger partial charge in [-0.15, -0.1) is 0 Å². The first-order valence-corrected chi connectivity index (χ1v) is 21.0. The van der Waals surface area contributed by atoms with Crippen LogP contribution >= 0.6 is 90.4 Å². The highest BCUT2D eigenvalue weighted by atomic mass is 127. The Hall–Kier alpha value is -1.27. The Labute approximate surface area is 345 Å². The van der Waals surface area contributed by atoms with Crippen LogP contribution in [0.1, 0.15) is 89.2 Å². The molecule has 0 saturated heterocycles. The number of fused-ring (bicyclic) bond motifs is 2. The number of carboxylic acids is 2. The van der Waals surface area contributed by atoms with Gasteiger partial charge in [0.2, 0.25) is 5.69 Å². The van der Waals surface area contributed by atoms with Gasteiger partial charge in [0.05, 0.1) is 11.0 Å². The molecule has 0 spiro atoms. The van der Waals surface area contributed by atoms with Crippen molar-refractivity contribution < 1.29 is 24.4 Å². The van der Waals surface area contributed by atoms with Crippen molar-refractivity contribution in [2.75, 3.05) is 19.0 Å². The molecule has 2 aromatic carbocycles. The standard InChI is InChI=1S/C39H44I4N2O4/c1-38(20-14-8-12-18-34(46)47)32(44(3)30-24-26(40)22-28(42)36(30)38)16-10-6-5-7-11-17-33-39(2,21-15-9-13-19-35(48)49)37-29(43)23-27(41)25-31(37)45(33)4/h5-7,10-11,16-17,22-25H,8-9,12-15,18-21H2,1-4H3,(H-,46,47,48,49)/p+1.